The van der Waals surface area contributed by atoms with Crippen molar-refractivity contribution in [3.63, 3.8) is 0 Å². The number of hydrogen-bond acceptors (Lipinski definition) is 4. The molecular weight excluding hydrogens is 330 g/mol. The minimum Gasteiger partial charge on any atom is -0.341 e. The molecule has 24 heavy (non-hydrogen) atoms. The lowest BCUT2D eigenvalue weighted by molar-refractivity contribution is -0.130. The Morgan fingerprint density at radius 2 is 1.58 bits per heavy atom. The van der Waals surface area contributed by atoms with Crippen molar-refractivity contribution in [1.82, 2.24) is 13.8 Å². The molecule has 0 unspecified atom stereocenters. The first kappa shape index (κ1) is 17.2. The highest BCUT2D eigenvalue weighted by molar-refractivity contribution is 7.89. The largest absolute Gasteiger partial charge is 0.341 e. The second-order valence-electron chi connectivity index (χ2n) is 6.38. The number of likely N-dealkylation sites (tertiary alicyclic amines) is 1. The van der Waals surface area contributed by atoms with Crippen LogP contribution in [0, 0.1) is 0 Å². The van der Waals surface area contributed by atoms with E-state index < -0.39 is 10.0 Å². The molecule has 2 aliphatic heterocycles. The number of sulfonamides is 1. The number of carbonyl (C=O) groups excluding carboxylic acids is 1. The van der Waals surface area contributed by atoms with Crippen molar-refractivity contribution < 1.29 is 13.2 Å². The monoisotopic (exact) mass is 353 g/mol. The number of amides is 1. The molecule has 3 heterocycles. The molecule has 8 heteroatoms. The van der Waals surface area contributed by atoms with Crippen molar-refractivity contribution in [2.75, 3.05) is 26.2 Å². The maximum Gasteiger partial charge on any atom is 0.251 e. The molecule has 7 nitrogen and oxygen atoms in total. The molecule has 0 atom stereocenters. The van der Waals surface area contributed by atoms with E-state index in [1.807, 2.05) is 0 Å². The van der Waals surface area contributed by atoms with Gasteiger partial charge in [0.2, 0.25) is 15.9 Å². The Balaban J connectivity index is 1.82. The summed E-state index contributed by atoms with van der Waals surface area (Å²) in [5.41, 5.74) is -0.361. The summed E-state index contributed by atoms with van der Waals surface area (Å²) in [5.74, 6) is -0.137. The van der Waals surface area contributed by atoms with E-state index in [0.29, 0.717) is 26.2 Å². The second-order valence-corrected chi connectivity index (χ2v) is 8.32. The van der Waals surface area contributed by atoms with Crippen molar-refractivity contribution in [3.05, 3.63) is 28.7 Å². The fourth-order valence-corrected chi connectivity index (χ4v) is 4.79. The molecule has 0 spiro atoms. The van der Waals surface area contributed by atoms with Gasteiger partial charge in [0, 0.05) is 38.4 Å². The standard InChI is InChI=1S/C16H23N3O4S/c20-15-7-6-14(24(22,23)19-10-2-1-3-11-19)12-18(15)13-16(21)17-8-4-5-9-17/h6-7,12H,1-5,8-11,13H2. The lowest BCUT2D eigenvalue weighted by Gasteiger charge is -2.26. The number of piperidine rings is 1. The van der Waals surface area contributed by atoms with Gasteiger partial charge in [0.15, 0.2) is 0 Å². The van der Waals surface area contributed by atoms with Gasteiger partial charge in [-0.05, 0) is 31.7 Å². The zero-order valence-electron chi connectivity index (χ0n) is 13.7. The van der Waals surface area contributed by atoms with Gasteiger partial charge in [0.25, 0.3) is 5.56 Å². The van der Waals surface area contributed by atoms with E-state index in [1.54, 1.807) is 4.90 Å². The van der Waals surface area contributed by atoms with Crippen LogP contribution in [0.3, 0.4) is 0 Å². The summed E-state index contributed by atoms with van der Waals surface area (Å²) in [5, 5.41) is 0. The first-order valence-electron chi connectivity index (χ1n) is 8.47. The van der Waals surface area contributed by atoms with Crippen LogP contribution >= 0.6 is 0 Å². The smallest absolute Gasteiger partial charge is 0.251 e. The average molecular weight is 353 g/mol. The van der Waals surface area contributed by atoms with Crippen molar-refractivity contribution >= 4 is 15.9 Å². The number of hydrogen-bond donors (Lipinski definition) is 0. The minimum atomic E-state index is -3.61. The Bertz CT molecular complexity index is 760. The van der Waals surface area contributed by atoms with Crippen LogP contribution in [0.15, 0.2) is 28.0 Å². The Morgan fingerprint density at radius 3 is 2.25 bits per heavy atom. The molecule has 0 radical (unpaired) electrons. The van der Waals surface area contributed by atoms with Gasteiger partial charge in [0.05, 0.1) is 4.90 Å². The SMILES string of the molecule is O=C(Cn1cc(S(=O)(=O)N2CCCCC2)ccc1=O)N1CCCC1. The van der Waals surface area contributed by atoms with Crippen LogP contribution in [0.4, 0.5) is 0 Å². The average Bonchev–Trinajstić information content (AvgIpc) is 3.12. The number of nitrogens with zero attached hydrogens (tertiary/aromatic N) is 3. The van der Waals surface area contributed by atoms with Crippen LogP contribution in [-0.4, -0.2) is 54.3 Å². The van der Waals surface area contributed by atoms with Crippen LogP contribution in [0.25, 0.3) is 0 Å². The van der Waals surface area contributed by atoms with Crippen LogP contribution in [-0.2, 0) is 21.4 Å². The van der Waals surface area contributed by atoms with Gasteiger partial charge in [-0.3, -0.25) is 9.59 Å². The number of aromatic nitrogens is 1. The topological polar surface area (TPSA) is 79.7 Å². The molecule has 2 fully saturated rings. The van der Waals surface area contributed by atoms with Gasteiger partial charge in [-0.25, -0.2) is 8.42 Å². The summed E-state index contributed by atoms with van der Waals surface area (Å²) in [4.78, 5) is 26.0. The molecule has 0 aromatic carbocycles. The molecule has 1 amide bonds. The third-order valence-electron chi connectivity index (χ3n) is 4.67. The predicted molar refractivity (Wildman–Crippen MR) is 89.1 cm³/mol. The number of pyridine rings is 1. The molecule has 3 rings (SSSR count). The van der Waals surface area contributed by atoms with Crippen molar-refractivity contribution in [3.8, 4) is 0 Å². The lowest BCUT2D eigenvalue weighted by Crippen LogP contribution is -2.37. The van der Waals surface area contributed by atoms with Gasteiger partial charge < -0.3 is 9.47 Å². The van der Waals surface area contributed by atoms with Gasteiger partial charge in [-0.1, -0.05) is 6.42 Å². The summed E-state index contributed by atoms with van der Waals surface area (Å²) >= 11 is 0. The summed E-state index contributed by atoms with van der Waals surface area (Å²) in [6, 6.07) is 2.57. The zero-order chi connectivity index (χ0) is 17.2. The molecular formula is C16H23N3O4S. The van der Waals surface area contributed by atoms with Crippen LogP contribution in [0.5, 0.6) is 0 Å². The van der Waals surface area contributed by atoms with Crippen molar-refractivity contribution in [1.29, 1.82) is 0 Å². The first-order chi connectivity index (χ1) is 11.5. The van der Waals surface area contributed by atoms with Crippen molar-refractivity contribution in [2.45, 2.75) is 43.5 Å². The maximum absolute atomic E-state index is 12.7. The Hall–Kier alpha value is -1.67. The van der Waals surface area contributed by atoms with E-state index >= 15 is 0 Å². The molecule has 132 valence electrons. The third kappa shape index (κ3) is 3.54. The second kappa shape index (κ2) is 7.06. The number of rotatable bonds is 4. The molecule has 0 bridgehead atoms. The quantitative estimate of drug-likeness (QED) is 0.796. The zero-order valence-corrected chi connectivity index (χ0v) is 14.5. The van der Waals surface area contributed by atoms with Gasteiger partial charge in [-0.2, -0.15) is 4.31 Å². The Labute approximate surface area is 141 Å². The van der Waals surface area contributed by atoms with Crippen LogP contribution in [0.1, 0.15) is 32.1 Å². The number of carbonyl (C=O) groups is 1. The predicted octanol–water partition coefficient (Wildman–Crippen LogP) is 0.645. The summed E-state index contributed by atoms with van der Waals surface area (Å²) in [6.45, 7) is 2.32. The summed E-state index contributed by atoms with van der Waals surface area (Å²) in [7, 11) is -3.61. The Kier molecular flexibility index (Phi) is 5.05. The lowest BCUT2D eigenvalue weighted by atomic mass is 10.2. The normalized spacial score (nSPS) is 19.6. The minimum absolute atomic E-state index is 0.0817. The molecule has 2 saturated heterocycles. The van der Waals surface area contributed by atoms with E-state index in [-0.39, 0.29) is 22.9 Å². The molecule has 0 N–H and O–H groups in total. The van der Waals surface area contributed by atoms with E-state index in [4.69, 9.17) is 0 Å². The first-order valence-corrected chi connectivity index (χ1v) is 9.91. The summed E-state index contributed by atoms with van der Waals surface area (Å²) in [6.07, 6.45) is 6.00. The van der Waals surface area contributed by atoms with E-state index in [2.05, 4.69) is 0 Å². The highest BCUT2D eigenvalue weighted by Gasteiger charge is 2.27. The molecule has 2 aliphatic rings. The molecule has 0 aliphatic carbocycles. The van der Waals surface area contributed by atoms with Gasteiger partial charge in [-0.15, -0.1) is 0 Å². The third-order valence-corrected chi connectivity index (χ3v) is 6.56. The molecule has 1 aromatic rings. The van der Waals surface area contributed by atoms with Gasteiger partial charge in [0.1, 0.15) is 6.54 Å². The van der Waals surface area contributed by atoms with E-state index in [0.717, 1.165) is 32.1 Å². The molecule has 1 aromatic heterocycles. The van der Waals surface area contributed by atoms with Gasteiger partial charge >= 0.3 is 0 Å². The highest BCUT2D eigenvalue weighted by Crippen LogP contribution is 2.19. The fourth-order valence-electron chi connectivity index (χ4n) is 3.25. The fraction of sp³-hybridized carbons (Fsp3) is 0.625. The maximum atomic E-state index is 12.7. The molecule has 0 saturated carbocycles. The van der Waals surface area contributed by atoms with Crippen LogP contribution < -0.4 is 5.56 Å². The Morgan fingerprint density at radius 1 is 0.958 bits per heavy atom. The van der Waals surface area contributed by atoms with Crippen molar-refractivity contribution in [2.24, 2.45) is 0 Å². The van der Waals surface area contributed by atoms with E-state index in [9.17, 15) is 18.0 Å². The highest BCUT2D eigenvalue weighted by atomic mass is 32.2. The summed E-state index contributed by atoms with van der Waals surface area (Å²) < 4.78 is 28.1. The van der Waals surface area contributed by atoms with Crippen LogP contribution in [0.2, 0.25) is 0 Å². The van der Waals surface area contributed by atoms with E-state index in [1.165, 1.54) is 27.2 Å².